The maximum atomic E-state index is 13.0. The summed E-state index contributed by atoms with van der Waals surface area (Å²) in [7, 11) is -2.21. The molecule has 0 radical (unpaired) electrons. The minimum Gasteiger partial charge on any atom is -0.495 e. The molecule has 0 aliphatic carbocycles. The number of ether oxygens (including phenoxy) is 2. The first-order valence-corrected chi connectivity index (χ1v) is 11.4. The number of aromatic nitrogens is 1. The third-order valence-electron chi connectivity index (χ3n) is 5.37. The summed E-state index contributed by atoms with van der Waals surface area (Å²) in [5.41, 5.74) is 2.24. The van der Waals surface area contributed by atoms with Gasteiger partial charge in [0.2, 0.25) is 15.9 Å². The standard InChI is InChI=1S/C22H25N3O5S/c1-16-13-17-5-3-4-6-20(17)25(16)15-22(26)23-19-14-18(7-8-21(19)29-2)31(27,28)24-9-11-30-12-10-24/h3-8,13-14H,9-12,15H2,1-2H3,(H,23,26). The molecule has 8 nitrogen and oxygen atoms in total. The van der Waals surface area contributed by atoms with Gasteiger partial charge in [0.1, 0.15) is 12.3 Å². The Kier molecular flexibility index (Phi) is 5.99. The lowest BCUT2D eigenvalue weighted by Crippen LogP contribution is -2.40. The van der Waals surface area contributed by atoms with E-state index in [0.717, 1.165) is 16.6 Å². The number of morpholine rings is 1. The lowest BCUT2D eigenvalue weighted by molar-refractivity contribution is -0.116. The summed E-state index contributed by atoms with van der Waals surface area (Å²) in [5, 5.41) is 3.87. The number of hydrogen-bond acceptors (Lipinski definition) is 5. The van der Waals surface area contributed by atoms with Gasteiger partial charge in [-0.15, -0.1) is 0 Å². The molecule has 0 atom stereocenters. The Labute approximate surface area is 181 Å². The first-order chi connectivity index (χ1) is 14.9. The van der Waals surface area contributed by atoms with Crippen molar-refractivity contribution in [3.63, 3.8) is 0 Å². The highest BCUT2D eigenvalue weighted by Gasteiger charge is 2.27. The molecule has 2 aromatic carbocycles. The Hall–Kier alpha value is -2.88. The van der Waals surface area contributed by atoms with Crippen LogP contribution in [-0.2, 0) is 26.1 Å². The smallest absolute Gasteiger partial charge is 0.244 e. The van der Waals surface area contributed by atoms with Crippen molar-refractivity contribution in [1.29, 1.82) is 0 Å². The summed E-state index contributed by atoms with van der Waals surface area (Å²) in [6, 6.07) is 14.4. The summed E-state index contributed by atoms with van der Waals surface area (Å²) in [5.74, 6) is 0.118. The van der Waals surface area contributed by atoms with Crippen molar-refractivity contribution in [2.45, 2.75) is 18.4 Å². The van der Waals surface area contributed by atoms with Crippen molar-refractivity contribution in [1.82, 2.24) is 8.87 Å². The molecule has 31 heavy (non-hydrogen) atoms. The van der Waals surface area contributed by atoms with Crippen LogP contribution in [0, 0.1) is 6.92 Å². The van der Waals surface area contributed by atoms with Crippen LogP contribution >= 0.6 is 0 Å². The monoisotopic (exact) mass is 443 g/mol. The van der Waals surface area contributed by atoms with Crippen LogP contribution in [0.25, 0.3) is 10.9 Å². The number of carbonyl (C=O) groups is 1. The maximum Gasteiger partial charge on any atom is 0.244 e. The number of nitrogens with zero attached hydrogens (tertiary/aromatic N) is 2. The molecule has 9 heteroatoms. The Morgan fingerprint density at radius 1 is 1.13 bits per heavy atom. The molecule has 1 amide bonds. The Bertz CT molecular complexity index is 1210. The number of methoxy groups -OCH3 is 1. The van der Waals surface area contributed by atoms with Crippen LogP contribution in [0.5, 0.6) is 5.75 Å². The number of anilines is 1. The van der Waals surface area contributed by atoms with E-state index in [4.69, 9.17) is 9.47 Å². The number of amides is 1. The van der Waals surface area contributed by atoms with E-state index in [1.165, 1.54) is 23.5 Å². The average molecular weight is 444 g/mol. The van der Waals surface area contributed by atoms with E-state index in [1.807, 2.05) is 41.8 Å². The van der Waals surface area contributed by atoms with Gasteiger partial charge in [-0.1, -0.05) is 18.2 Å². The molecule has 2 heterocycles. The zero-order valence-corrected chi connectivity index (χ0v) is 18.3. The molecular formula is C22H25N3O5S. The highest BCUT2D eigenvalue weighted by atomic mass is 32.2. The first kappa shape index (κ1) is 21.4. The molecule has 3 aromatic rings. The van der Waals surface area contributed by atoms with Crippen molar-refractivity contribution >= 4 is 32.5 Å². The topological polar surface area (TPSA) is 89.9 Å². The van der Waals surface area contributed by atoms with E-state index in [0.29, 0.717) is 37.7 Å². The molecular weight excluding hydrogens is 418 g/mol. The van der Waals surface area contributed by atoms with Gasteiger partial charge in [-0.2, -0.15) is 4.31 Å². The van der Waals surface area contributed by atoms with Crippen molar-refractivity contribution < 1.29 is 22.7 Å². The molecule has 4 rings (SSSR count). The fraction of sp³-hybridized carbons (Fsp3) is 0.318. The summed E-state index contributed by atoms with van der Waals surface area (Å²) in [4.78, 5) is 12.9. The third kappa shape index (κ3) is 4.30. The average Bonchev–Trinajstić information content (AvgIpc) is 3.09. The second-order valence-electron chi connectivity index (χ2n) is 7.36. The van der Waals surface area contributed by atoms with Crippen LogP contribution in [0.4, 0.5) is 5.69 Å². The molecule has 1 aliphatic heterocycles. The molecule has 1 aliphatic rings. The zero-order valence-electron chi connectivity index (χ0n) is 17.5. The minimum absolute atomic E-state index is 0.100. The van der Waals surface area contributed by atoms with Gasteiger partial charge in [0.15, 0.2) is 0 Å². The number of sulfonamides is 1. The van der Waals surface area contributed by atoms with Gasteiger partial charge >= 0.3 is 0 Å². The van der Waals surface area contributed by atoms with Gasteiger partial charge in [-0.3, -0.25) is 4.79 Å². The normalized spacial score (nSPS) is 15.2. The number of nitrogens with one attached hydrogen (secondary N) is 1. The summed E-state index contributed by atoms with van der Waals surface area (Å²) >= 11 is 0. The van der Waals surface area contributed by atoms with E-state index in [9.17, 15) is 13.2 Å². The van der Waals surface area contributed by atoms with Crippen LogP contribution in [0.15, 0.2) is 53.4 Å². The summed E-state index contributed by atoms with van der Waals surface area (Å²) in [6.45, 7) is 3.38. The van der Waals surface area contributed by atoms with Crippen LogP contribution in [0.2, 0.25) is 0 Å². The third-order valence-corrected chi connectivity index (χ3v) is 7.27. The predicted molar refractivity (Wildman–Crippen MR) is 118 cm³/mol. The lowest BCUT2D eigenvalue weighted by Gasteiger charge is -2.26. The lowest BCUT2D eigenvalue weighted by atomic mass is 10.2. The fourth-order valence-electron chi connectivity index (χ4n) is 3.77. The van der Waals surface area contributed by atoms with Gasteiger partial charge in [0.25, 0.3) is 0 Å². The molecule has 0 spiro atoms. The number of benzene rings is 2. The van der Waals surface area contributed by atoms with E-state index < -0.39 is 10.0 Å². The van der Waals surface area contributed by atoms with Crippen molar-refractivity contribution in [2.75, 3.05) is 38.7 Å². The summed E-state index contributed by atoms with van der Waals surface area (Å²) < 4.78 is 39.9. The van der Waals surface area contributed by atoms with Crippen LogP contribution in [-0.4, -0.2) is 56.6 Å². The van der Waals surface area contributed by atoms with Gasteiger partial charge < -0.3 is 19.4 Å². The second-order valence-corrected chi connectivity index (χ2v) is 9.30. The molecule has 0 saturated carbocycles. The van der Waals surface area contributed by atoms with E-state index in [1.54, 1.807) is 6.07 Å². The Morgan fingerprint density at radius 3 is 2.61 bits per heavy atom. The van der Waals surface area contributed by atoms with Gasteiger partial charge in [-0.25, -0.2) is 8.42 Å². The number of rotatable bonds is 6. The molecule has 1 N–H and O–H groups in total. The molecule has 1 fully saturated rings. The van der Waals surface area contributed by atoms with E-state index >= 15 is 0 Å². The van der Waals surface area contributed by atoms with E-state index in [2.05, 4.69) is 5.32 Å². The van der Waals surface area contributed by atoms with Crippen molar-refractivity contribution in [3.8, 4) is 5.75 Å². The molecule has 164 valence electrons. The zero-order chi connectivity index (χ0) is 22.0. The van der Waals surface area contributed by atoms with Crippen molar-refractivity contribution in [2.24, 2.45) is 0 Å². The van der Waals surface area contributed by atoms with Crippen molar-refractivity contribution in [3.05, 3.63) is 54.2 Å². The summed E-state index contributed by atoms with van der Waals surface area (Å²) in [6.07, 6.45) is 0. The molecule has 1 saturated heterocycles. The maximum absolute atomic E-state index is 13.0. The van der Waals surface area contributed by atoms with Gasteiger partial charge in [-0.05, 0) is 42.6 Å². The predicted octanol–water partition coefficient (Wildman–Crippen LogP) is 2.62. The number of hydrogen-bond donors (Lipinski definition) is 1. The van der Waals surface area contributed by atoms with Crippen LogP contribution in [0.3, 0.4) is 0 Å². The highest BCUT2D eigenvalue weighted by Crippen LogP contribution is 2.29. The van der Waals surface area contributed by atoms with Gasteiger partial charge in [0.05, 0.1) is 30.9 Å². The number of aryl methyl sites for hydroxylation is 1. The first-order valence-electron chi connectivity index (χ1n) is 10.0. The van der Waals surface area contributed by atoms with Gasteiger partial charge in [0, 0.05) is 24.3 Å². The molecule has 0 unspecified atom stereocenters. The second kappa shape index (κ2) is 8.70. The number of para-hydroxylation sites is 1. The Morgan fingerprint density at radius 2 is 1.87 bits per heavy atom. The fourth-order valence-corrected chi connectivity index (χ4v) is 5.21. The van der Waals surface area contributed by atoms with Crippen LogP contribution in [0.1, 0.15) is 5.69 Å². The quantitative estimate of drug-likeness (QED) is 0.633. The number of fused-ring (bicyclic) bond motifs is 1. The number of carbonyl (C=O) groups excluding carboxylic acids is 1. The van der Waals surface area contributed by atoms with Crippen LogP contribution < -0.4 is 10.1 Å². The SMILES string of the molecule is COc1ccc(S(=O)(=O)N2CCOCC2)cc1NC(=O)Cn1c(C)cc2ccccc21. The highest BCUT2D eigenvalue weighted by molar-refractivity contribution is 7.89. The van der Waals surface area contributed by atoms with E-state index in [-0.39, 0.29) is 17.3 Å². The molecule has 1 aromatic heterocycles. The largest absolute Gasteiger partial charge is 0.495 e. The molecule has 0 bridgehead atoms. The Balaban J connectivity index is 1.59. The minimum atomic E-state index is -3.69.